The fourth-order valence-corrected chi connectivity index (χ4v) is 3.71. The summed E-state index contributed by atoms with van der Waals surface area (Å²) < 4.78 is 11.8. The van der Waals surface area contributed by atoms with Crippen LogP contribution >= 0.6 is 35.0 Å². The normalized spacial score (nSPS) is 11.0. The highest BCUT2D eigenvalue weighted by Gasteiger charge is 2.17. The molecule has 0 saturated heterocycles. The molecule has 0 amide bonds. The van der Waals surface area contributed by atoms with E-state index in [2.05, 4.69) is 20.3 Å². The zero-order chi connectivity index (χ0) is 20.4. The number of nitrogens with zero attached hydrogens (tertiary/aromatic N) is 5. The highest BCUT2D eigenvalue weighted by Crippen LogP contribution is 2.31. The molecule has 29 heavy (non-hydrogen) atoms. The molecule has 2 N–H and O–H groups in total. The van der Waals surface area contributed by atoms with E-state index in [-0.39, 0.29) is 0 Å². The first-order valence-electron chi connectivity index (χ1n) is 8.31. The van der Waals surface area contributed by atoms with Crippen molar-refractivity contribution in [1.82, 2.24) is 25.0 Å². The largest absolute Gasteiger partial charge is 0.497 e. The standard InChI is InChI=1S/C18H14Cl2N6O2S/c1-27-12-5-2-10(3-6-12)16-22-15(28-25-16)9-29-18-24-23-17(26(18)21)13-7-4-11(19)8-14(13)20/h2-8H,9,21H2,1H3. The molecule has 11 heteroatoms. The van der Waals surface area contributed by atoms with Crippen LogP contribution in [0.3, 0.4) is 0 Å². The van der Waals surface area contributed by atoms with Gasteiger partial charge in [0.15, 0.2) is 5.82 Å². The molecule has 0 aliphatic rings. The molecule has 0 saturated carbocycles. The molecule has 2 aromatic carbocycles. The first-order valence-corrected chi connectivity index (χ1v) is 10.0. The van der Waals surface area contributed by atoms with Gasteiger partial charge in [-0.05, 0) is 42.5 Å². The second kappa shape index (κ2) is 8.32. The van der Waals surface area contributed by atoms with Crippen molar-refractivity contribution in [1.29, 1.82) is 0 Å². The van der Waals surface area contributed by atoms with Gasteiger partial charge in [-0.2, -0.15) is 4.98 Å². The predicted octanol–water partition coefficient (Wildman–Crippen LogP) is 4.32. The first kappa shape index (κ1) is 19.6. The summed E-state index contributed by atoms with van der Waals surface area (Å²) >= 11 is 13.5. The van der Waals surface area contributed by atoms with E-state index in [1.54, 1.807) is 25.3 Å². The van der Waals surface area contributed by atoms with Crippen molar-refractivity contribution in [3.8, 4) is 28.5 Å². The van der Waals surface area contributed by atoms with Crippen molar-refractivity contribution >= 4 is 35.0 Å². The van der Waals surface area contributed by atoms with Crippen LogP contribution in [0, 0.1) is 0 Å². The Morgan fingerprint density at radius 2 is 1.93 bits per heavy atom. The van der Waals surface area contributed by atoms with Crippen LogP contribution in [0.4, 0.5) is 0 Å². The number of ether oxygens (including phenoxy) is 1. The van der Waals surface area contributed by atoms with Gasteiger partial charge < -0.3 is 15.1 Å². The van der Waals surface area contributed by atoms with Gasteiger partial charge in [-0.15, -0.1) is 10.2 Å². The quantitative estimate of drug-likeness (QED) is 0.343. The third-order valence-corrected chi connectivity index (χ3v) is 5.45. The molecular weight excluding hydrogens is 435 g/mol. The van der Waals surface area contributed by atoms with E-state index in [1.807, 2.05) is 24.3 Å². The van der Waals surface area contributed by atoms with Crippen molar-refractivity contribution in [3.05, 3.63) is 58.4 Å². The van der Waals surface area contributed by atoms with E-state index < -0.39 is 0 Å². The van der Waals surface area contributed by atoms with Crippen LogP contribution in [-0.2, 0) is 5.75 Å². The van der Waals surface area contributed by atoms with Crippen LogP contribution in [0.5, 0.6) is 5.75 Å². The van der Waals surface area contributed by atoms with Gasteiger partial charge >= 0.3 is 0 Å². The summed E-state index contributed by atoms with van der Waals surface area (Å²) in [5, 5.41) is 13.7. The number of nitrogens with two attached hydrogens (primary N) is 1. The zero-order valence-electron chi connectivity index (χ0n) is 15.0. The molecule has 2 aromatic heterocycles. The van der Waals surface area contributed by atoms with Crippen LogP contribution < -0.4 is 10.6 Å². The summed E-state index contributed by atoms with van der Waals surface area (Å²) in [7, 11) is 1.61. The van der Waals surface area contributed by atoms with Gasteiger partial charge in [0, 0.05) is 16.1 Å². The summed E-state index contributed by atoms with van der Waals surface area (Å²) in [6.45, 7) is 0. The van der Waals surface area contributed by atoms with E-state index in [4.69, 9.17) is 38.3 Å². The summed E-state index contributed by atoms with van der Waals surface area (Å²) in [6, 6.07) is 12.5. The van der Waals surface area contributed by atoms with E-state index in [0.29, 0.717) is 44.1 Å². The van der Waals surface area contributed by atoms with Crippen molar-refractivity contribution in [2.24, 2.45) is 0 Å². The number of rotatable bonds is 6. The Hall–Kier alpha value is -2.75. The van der Waals surface area contributed by atoms with E-state index in [9.17, 15) is 0 Å². The van der Waals surface area contributed by atoms with Crippen LogP contribution in [0.25, 0.3) is 22.8 Å². The second-order valence-corrected chi connectivity index (χ2v) is 7.62. The predicted molar refractivity (Wildman–Crippen MR) is 111 cm³/mol. The van der Waals surface area contributed by atoms with Gasteiger partial charge in [0.2, 0.25) is 16.9 Å². The molecule has 148 valence electrons. The number of thioether (sulfide) groups is 1. The summed E-state index contributed by atoms with van der Waals surface area (Å²) in [5.74, 6) is 8.63. The summed E-state index contributed by atoms with van der Waals surface area (Å²) in [4.78, 5) is 4.40. The molecule has 0 aliphatic carbocycles. The Balaban J connectivity index is 1.47. The molecule has 0 radical (unpaired) electrons. The van der Waals surface area contributed by atoms with Gasteiger partial charge in [-0.25, -0.2) is 4.68 Å². The minimum Gasteiger partial charge on any atom is -0.497 e. The number of aromatic nitrogens is 5. The van der Waals surface area contributed by atoms with Crippen LogP contribution in [0.15, 0.2) is 52.1 Å². The van der Waals surface area contributed by atoms with E-state index >= 15 is 0 Å². The number of nitrogen functional groups attached to an aromatic ring is 1. The number of hydrogen-bond donors (Lipinski definition) is 1. The van der Waals surface area contributed by atoms with Crippen molar-refractivity contribution in [3.63, 3.8) is 0 Å². The van der Waals surface area contributed by atoms with Crippen molar-refractivity contribution in [2.75, 3.05) is 13.0 Å². The molecule has 2 heterocycles. The molecule has 0 fully saturated rings. The Kier molecular flexibility index (Phi) is 5.61. The Morgan fingerprint density at radius 3 is 2.66 bits per heavy atom. The Labute approximate surface area is 179 Å². The fourth-order valence-electron chi connectivity index (χ4n) is 2.53. The van der Waals surface area contributed by atoms with Crippen LogP contribution in [0.1, 0.15) is 5.89 Å². The number of halogens is 2. The van der Waals surface area contributed by atoms with E-state index in [0.717, 1.165) is 11.3 Å². The van der Waals surface area contributed by atoms with E-state index in [1.165, 1.54) is 16.4 Å². The topological polar surface area (TPSA) is 105 Å². The monoisotopic (exact) mass is 448 g/mol. The van der Waals surface area contributed by atoms with Gasteiger partial charge in [-0.1, -0.05) is 40.1 Å². The molecule has 0 spiro atoms. The molecule has 0 unspecified atom stereocenters. The molecular formula is C18H14Cl2N6O2S. The maximum Gasteiger partial charge on any atom is 0.237 e. The summed E-state index contributed by atoms with van der Waals surface area (Å²) in [5.41, 5.74) is 1.46. The first-order chi connectivity index (χ1) is 14.0. The lowest BCUT2D eigenvalue weighted by atomic mass is 10.2. The highest BCUT2D eigenvalue weighted by atomic mass is 35.5. The number of methoxy groups -OCH3 is 1. The minimum absolute atomic E-state index is 0.382. The average Bonchev–Trinajstić information content (AvgIpc) is 3.34. The lowest BCUT2D eigenvalue weighted by Gasteiger charge is -2.05. The Bertz CT molecular complexity index is 1150. The maximum absolute atomic E-state index is 6.23. The lowest BCUT2D eigenvalue weighted by molar-refractivity contribution is 0.391. The molecule has 4 rings (SSSR count). The Morgan fingerprint density at radius 1 is 1.14 bits per heavy atom. The van der Waals surface area contributed by atoms with Gasteiger partial charge in [0.1, 0.15) is 5.75 Å². The molecule has 8 nitrogen and oxygen atoms in total. The van der Waals surface area contributed by atoms with Crippen LogP contribution in [-0.4, -0.2) is 32.1 Å². The average molecular weight is 449 g/mol. The number of benzene rings is 2. The zero-order valence-corrected chi connectivity index (χ0v) is 17.4. The second-order valence-electron chi connectivity index (χ2n) is 5.83. The maximum atomic E-state index is 6.23. The van der Waals surface area contributed by atoms with Gasteiger partial charge in [0.05, 0.1) is 17.9 Å². The van der Waals surface area contributed by atoms with Gasteiger partial charge in [-0.3, -0.25) is 0 Å². The molecule has 0 aliphatic heterocycles. The molecule has 4 aromatic rings. The fraction of sp³-hybridized carbons (Fsp3) is 0.111. The lowest BCUT2D eigenvalue weighted by Crippen LogP contribution is -2.11. The van der Waals surface area contributed by atoms with Gasteiger partial charge in [0.25, 0.3) is 0 Å². The third kappa shape index (κ3) is 4.16. The molecule has 0 atom stereocenters. The van der Waals surface area contributed by atoms with Crippen molar-refractivity contribution in [2.45, 2.75) is 10.9 Å². The SMILES string of the molecule is COc1ccc(-c2noc(CSc3nnc(-c4ccc(Cl)cc4Cl)n3N)n2)cc1. The molecule has 0 bridgehead atoms. The number of hydrogen-bond acceptors (Lipinski definition) is 8. The summed E-state index contributed by atoms with van der Waals surface area (Å²) in [6.07, 6.45) is 0. The third-order valence-electron chi connectivity index (χ3n) is 3.98. The highest BCUT2D eigenvalue weighted by molar-refractivity contribution is 7.98. The smallest absolute Gasteiger partial charge is 0.237 e. The minimum atomic E-state index is 0.382. The van der Waals surface area contributed by atoms with Crippen molar-refractivity contribution < 1.29 is 9.26 Å². The van der Waals surface area contributed by atoms with Crippen LogP contribution in [0.2, 0.25) is 10.0 Å².